The van der Waals surface area contributed by atoms with Gasteiger partial charge in [-0.3, -0.25) is 0 Å². The van der Waals surface area contributed by atoms with Gasteiger partial charge < -0.3 is 5.32 Å². The maximum atomic E-state index is 4.79. The summed E-state index contributed by atoms with van der Waals surface area (Å²) in [4.78, 5) is 4.79. The number of aromatic nitrogens is 1. The molecule has 2 rings (SSSR count). The number of rotatable bonds is 1. The smallest absolute Gasteiger partial charge is 0.0992 e. The number of thiazole rings is 1. The Labute approximate surface area is 120 Å². The van der Waals surface area contributed by atoms with Gasteiger partial charge in [0.1, 0.15) is 0 Å². The van der Waals surface area contributed by atoms with Gasteiger partial charge in [-0.1, -0.05) is 41.5 Å². The Morgan fingerprint density at radius 3 is 2.11 bits per heavy atom. The molecule has 1 heterocycles. The van der Waals surface area contributed by atoms with Gasteiger partial charge in [0.15, 0.2) is 0 Å². The number of fused-ring (bicyclic) bond motifs is 1. The van der Waals surface area contributed by atoms with Crippen LogP contribution in [0.4, 0.5) is 5.69 Å². The number of anilines is 1. The summed E-state index contributed by atoms with van der Waals surface area (Å²) >= 11 is 1.81. The number of nitrogens with zero attached hydrogens (tertiary/aromatic N) is 1. The lowest BCUT2D eigenvalue weighted by atomic mass is 9.85. The number of nitrogens with one attached hydrogen (secondary N) is 1. The van der Waals surface area contributed by atoms with Crippen LogP contribution in [0.5, 0.6) is 0 Å². The van der Waals surface area contributed by atoms with Gasteiger partial charge in [0.2, 0.25) is 0 Å². The summed E-state index contributed by atoms with van der Waals surface area (Å²) < 4.78 is 1.29. The lowest BCUT2D eigenvalue weighted by Crippen LogP contribution is -2.13. The minimum absolute atomic E-state index is 0.116. The molecule has 3 heteroatoms. The molecule has 0 atom stereocenters. The van der Waals surface area contributed by atoms with Crippen LogP contribution in [-0.4, -0.2) is 12.0 Å². The van der Waals surface area contributed by atoms with E-state index in [0.29, 0.717) is 0 Å². The first-order chi connectivity index (χ1) is 8.63. The van der Waals surface area contributed by atoms with Crippen molar-refractivity contribution >= 4 is 27.2 Å². The fraction of sp³-hybridized carbons (Fsp3) is 0.562. The van der Waals surface area contributed by atoms with Gasteiger partial charge >= 0.3 is 0 Å². The standard InChI is InChI=1S/C16H24N2S/c1-15(2,3)10-8-13-12(9-11(10)17-7)18-14(19-13)16(4,5)6/h8-9,17H,1-7H3. The van der Waals surface area contributed by atoms with E-state index in [-0.39, 0.29) is 10.8 Å². The molecule has 1 aromatic heterocycles. The Morgan fingerprint density at radius 1 is 1.00 bits per heavy atom. The first kappa shape index (κ1) is 14.3. The van der Waals surface area contributed by atoms with E-state index in [2.05, 4.69) is 59.0 Å². The van der Waals surface area contributed by atoms with Crippen molar-refractivity contribution in [3.8, 4) is 0 Å². The van der Waals surface area contributed by atoms with E-state index >= 15 is 0 Å². The van der Waals surface area contributed by atoms with Crippen molar-refractivity contribution in [1.29, 1.82) is 0 Å². The van der Waals surface area contributed by atoms with Crippen LogP contribution in [-0.2, 0) is 10.8 Å². The summed E-state index contributed by atoms with van der Waals surface area (Å²) in [6, 6.07) is 4.48. The van der Waals surface area contributed by atoms with Gasteiger partial charge in [0.25, 0.3) is 0 Å². The fourth-order valence-electron chi connectivity index (χ4n) is 2.12. The second kappa shape index (κ2) is 4.48. The van der Waals surface area contributed by atoms with Crippen molar-refractivity contribution in [3.05, 3.63) is 22.7 Å². The zero-order valence-electron chi connectivity index (χ0n) is 13.0. The molecule has 0 aliphatic carbocycles. The minimum atomic E-state index is 0.116. The molecule has 0 amide bonds. The van der Waals surface area contributed by atoms with E-state index in [0.717, 1.165) is 5.52 Å². The molecule has 0 aliphatic heterocycles. The quantitative estimate of drug-likeness (QED) is 0.798. The molecule has 0 radical (unpaired) electrons. The molecular weight excluding hydrogens is 252 g/mol. The summed E-state index contributed by atoms with van der Waals surface area (Å²) in [5, 5.41) is 4.51. The second-order valence-corrected chi connectivity index (χ2v) is 8.17. The third-order valence-electron chi connectivity index (χ3n) is 3.25. The molecule has 0 saturated heterocycles. The SMILES string of the molecule is CNc1cc2nc(C(C)(C)C)sc2cc1C(C)(C)C. The normalized spacial score (nSPS) is 13.0. The second-order valence-electron chi connectivity index (χ2n) is 7.13. The zero-order valence-corrected chi connectivity index (χ0v) is 13.8. The van der Waals surface area contributed by atoms with Crippen LogP contribution in [0.3, 0.4) is 0 Å². The highest BCUT2D eigenvalue weighted by molar-refractivity contribution is 7.18. The Bertz CT molecular complexity index is 597. The van der Waals surface area contributed by atoms with Crippen LogP contribution in [0.15, 0.2) is 12.1 Å². The molecule has 0 fully saturated rings. The van der Waals surface area contributed by atoms with Gasteiger partial charge in [-0.15, -0.1) is 11.3 Å². The Kier molecular flexibility index (Phi) is 3.38. The van der Waals surface area contributed by atoms with E-state index in [9.17, 15) is 0 Å². The van der Waals surface area contributed by atoms with Gasteiger partial charge in [-0.05, 0) is 23.1 Å². The Hall–Kier alpha value is -1.09. The summed E-state index contributed by atoms with van der Waals surface area (Å²) in [5.74, 6) is 0. The summed E-state index contributed by atoms with van der Waals surface area (Å²) in [5.41, 5.74) is 3.90. The topological polar surface area (TPSA) is 24.9 Å². The third-order valence-corrected chi connectivity index (χ3v) is 4.69. The first-order valence-corrected chi connectivity index (χ1v) is 7.58. The van der Waals surface area contributed by atoms with Gasteiger partial charge in [0.05, 0.1) is 15.2 Å². The van der Waals surface area contributed by atoms with E-state index in [1.165, 1.54) is 21.0 Å². The van der Waals surface area contributed by atoms with Crippen LogP contribution < -0.4 is 5.32 Å². The Morgan fingerprint density at radius 2 is 1.63 bits per heavy atom. The van der Waals surface area contributed by atoms with E-state index < -0.39 is 0 Å². The predicted molar refractivity (Wildman–Crippen MR) is 86.6 cm³/mol. The lowest BCUT2D eigenvalue weighted by molar-refractivity contribution is 0.587. The molecular formula is C16H24N2S. The molecule has 1 aromatic carbocycles. The molecule has 0 bridgehead atoms. The van der Waals surface area contributed by atoms with Crippen molar-refractivity contribution < 1.29 is 0 Å². The average Bonchev–Trinajstić information content (AvgIpc) is 2.68. The average molecular weight is 276 g/mol. The molecule has 0 spiro atoms. The molecule has 0 unspecified atom stereocenters. The largest absolute Gasteiger partial charge is 0.388 e. The van der Waals surface area contributed by atoms with Gasteiger partial charge in [0, 0.05) is 18.2 Å². The number of hydrogen-bond acceptors (Lipinski definition) is 3. The highest BCUT2D eigenvalue weighted by atomic mass is 32.1. The first-order valence-electron chi connectivity index (χ1n) is 6.76. The molecule has 2 nitrogen and oxygen atoms in total. The van der Waals surface area contributed by atoms with Crippen LogP contribution >= 0.6 is 11.3 Å². The highest BCUT2D eigenvalue weighted by Crippen LogP contribution is 2.37. The molecule has 19 heavy (non-hydrogen) atoms. The van der Waals surface area contributed by atoms with Crippen molar-refractivity contribution in [2.75, 3.05) is 12.4 Å². The van der Waals surface area contributed by atoms with Crippen molar-refractivity contribution in [1.82, 2.24) is 4.98 Å². The van der Waals surface area contributed by atoms with Crippen LogP contribution in [0.25, 0.3) is 10.2 Å². The van der Waals surface area contributed by atoms with Crippen molar-refractivity contribution in [2.45, 2.75) is 52.4 Å². The van der Waals surface area contributed by atoms with E-state index in [1.54, 1.807) is 0 Å². The summed E-state index contributed by atoms with van der Waals surface area (Å²) in [6.45, 7) is 13.4. The molecule has 0 aliphatic rings. The number of hydrogen-bond donors (Lipinski definition) is 1. The maximum absolute atomic E-state index is 4.79. The monoisotopic (exact) mass is 276 g/mol. The fourth-order valence-corrected chi connectivity index (χ4v) is 3.17. The van der Waals surface area contributed by atoms with Crippen LogP contribution in [0.1, 0.15) is 52.1 Å². The van der Waals surface area contributed by atoms with Crippen molar-refractivity contribution in [2.24, 2.45) is 0 Å². The molecule has 2 aromatic rings. The van der Waals surface area contributed by atoms with Crippen LogP contribution in [0.2, 0.25) is 0 Å². The minimum Gasteiger partial charge on any atom is -0.388 e. The van der Waals surface area contributed by atoms with E-state index in [4.69, 9.17) is 4.98 Å². The predicted octanol–water partition coefficient (Wildman–Crippen LogP) is 4.93. The highest BCUT2D eigenvalue weighted by Gasteiger charge is 2.22. The number of benzene rings is 1. The summed E-state index contributed by atoms with van der Waals surface area (Å²) in [7, 11) is 1.98. The third kappa shape index (κ3) is 2.76. The van der Waals surface area contributed by atoms with E-state index in [1.807, 2.05) is 18.4 Å². The van der Waals surface area contributed by atoms with Crippen LogP contribution in [0, 0.1) is 0 Å². The van der Waals surface area contributed by atoms with Gasteiger partial charge in [-0.2, -0.15) is 0 Å². The maximum Gasteiger partial charge on any atom is 0.0992 e. The Balaban J connectivity index is 2.68. The van der Waals surface area contributed by atoms with Gasteiger partial charge in [-0.25, -0.2) is 4.98 Å². The zero-order chi connectivity index (χ0) is 14.4. The van der Waals surface area contributed by atoms with Crippen molar-refractivity contribution in [3.63, 3.8) is 0 Å². The molecule has 104 valence electrons. The molecule has 0 saturated carbocycles. The summed E-state index contributed by atoms with van der Waals surface area (Å²) in [6.07, 6.45) is 0. The lowest BCUT2D eigenvalue weighted by Gasteiger charge is -2.22. The molecule has 1 N–H and O–H groups in total.